The summed E-state index contributed by atoms with van der Waals surface area (Å²) < 4.78 is 15.0. The van der Waals surface area contributed by atoms with Crippen LogP contribution in [0, 0.1) is 0 Å². The maximum atomic E-state index is 15.0. The molecular weight excluding hydrogens is 355 g/mol. The Balaban J connectivity index is 1.41. The fraction of sp³-hybridized carbons (Fsp3) is 0.435. The zero-order valence-electron chi connectivity index (χ0n) is 16.2. The first-order valence-corrected chi connectivity index (χ1v) is 10.1. The molecule has 0 bridgehead atoms. The molecular formula is C23H27FN2O2. The standard InChI is InChI=1S/C23H27FN2O2/c1-16(17-5-3-2-4-6-17)26-14-12-22(23(26)28)25-13-11-20(21(24)15-25)18-7-9-19(27)10-8-18/h2-10,16,20-22,27H,11-15H2,1H3/t16-,20+,21-,22+/m0/s1. The van der Waals surface area contributed by atoms with E-state index in [1.54, 1.807) is 24.3 Å². The summed E-state index contributed by atoms with van der Waals surface area (Å²) in [5.41, 5.74) is 2.05. The van der Waals surface area contributed by atoms with E-state index in [2.05, 4.69) is 6.92 Å². The van der Waals surface area contributed by atoms with Gasteiger partial charge in [-0.15, -0.1) is 0 Å². The molecule has 1 N–H and O–H groups in total. The summed E-state index contributed by atoms with van der Waals surface area (Å²) in [6.45, 7) is 3.78. The normalized spacial score (nSPS) is 27.1. The Hall–Kier alpha value is -2.40. The summed E-state index contributed by atoms with van der Waals surface area (Å²) >= 11 is 0. The molecule has 2 aliphatic heterocycles. The average molecular weight is 382 g/mol. The number of piperidine rings is 1. The van der Waals surface area contributed by atoms with Gasteiger partial charge in [0.25, 0.3) is 0 Å². The molecule has 4 atom stereocenters. The second-order valence-corrected chi connectivity index (χ2v) is 7.92. The number of hydrogen-bond acceptors (Lipinski definition) is 3. The van der Waals surface area contributed by atoms with E-state index >= 15 is 0 Å². The maximum Gasteiger partial charge on any atom is 0.240 e. The van der Waals surface area contributed by atoms with Crippen LogP contribution in [-0.2, 0) is 4.79 Å². The molecule has 0 unspecified atom stereocenters. The Bertz CT molecular complexity index is 811. The van der Waals surface area contributed by atoms with Crippen molar-refractivity contribution >= 4 is 5.91 Å². The van der Waals surface area contributed by atoms with Crippen LogP contribution in [0.5, 0.6) is 5.75 Å². The van der Waals surface area contributed by atoms with Crippen LogP contribution < -0.4 is 0 Å². The molecule has 0 aliphatic carbocycles. The first-order chi connectivity index (χ1) is 13.5. The molecule has 2 aromatic carbocycles. The largest absolute Gasteiger partial charge is 0.508 e. The van der Waals surface area contributed by atoms with Gasteiger partial charge in [0.05, 0.1) is 12.1 Å². The second kappa shape index (κ2) is 7.92. The Morgan fingerprint density at radius 2 is 1.75 bits per heavy atom. The van der Waals surface area contributed by atoms with Gasteiger partial charge in [0.1, 0.15) is 11.9 Å². The average Bonchev–Trinajstić information content (AvgIpc) is 3.10. The third-order valence-electron chi connectivity index (χ3n) is 6.30. The summed E-state index contributed by atoms with van der Waals surface area (Å²) in [5.74, 6) is 0.139. The summed E-state index contributed by atoms with van der Waals surface area (Å²) in [6.07, 6.45) is 0.433. The maximum absolute atomic E-state index is 15.0. The molecule has 2 saturated heterocycles. The zero-order chi connectivity index (χ0) is 19.7. The van der Waals surface area contributed by atoms with Crippen molar-refractivity contribution in [3.8, 4) is 5.75 Å². The Morgan fingerprint density at radius 3 is 2.43 bits per heavy atom. The molecule has 1 amide bonds. The van der Waals surface area contributed by atoms with Crippen molar-refractivity contribution in [3.05, 3.63) is 65.7 Å². The summed E-state index contributed by atoms with van der Waals surface area (Å²) in [6, 6.07) is 16.7. The molecule has 148 valence electrons. The smallest absolute Gasteiger partial charge is 0.240 e. The number of halogens is 1. The molecule has 2 heterocycles. The third kappa shape index (κ3) is 3.63. The highest BCUT2D eigenvalue weighted by molar-refractivity contribution is 5.84. The van der Waals surface area contributed by atoms with E-state index in [0.717, 1.165) is 24.1 Å². The van der Waals surface area contributed by atoms with E-state index in [1.807, 2.05) is 40.1 Å². The second-order valence-electron chi connectivity index (χ2n) is 7.92. The van der Waals surface area contributed by atoms with Crippen molar-refractivity contribution in [3.63, 3.8) is 0 Å². The van der Waals surface area contributed by atoms with E-state index in [1.165, 1.54) is 0 Å². The van der Waals surface area contributed by atoms with Gasteiger partial charge in [-0.25, -0.2) is 4.39 Å². The lowest BCUT2D eigenvalue weighted by molar-refractivity contribution is -0.134. The zero-order valence-corrected chi connectivity index (χ0v) is 16.2. The highest BCUT2D eigenvalue weighted by atomic mass is 19.1. The van der Waals surface area contributed by atoms with Crippen molar-refractivity contribution in [2.45, 2.75) is 43.9 Å². The number of hydrogen-bond donors (Lipinski definition) is 1. The minimum Gasteiger partial charge on any atom is -0.508 e. The lowest BCUT2D eigenvalue weighted by atomic mass is 9.87. The molecule has 2 aromatic rings. The van der Waals surface area contributed by atoms with Crippen molar-refractivity contribution in [2.24, 2.45) is 0 Å². The van der Waals surface area contributed by atoms with E-state index in [4.69, 9.17) is 0 Å². The van der Waals surface area contributed by atoms with Gasteiger partial charge in [0, 0.05) is 19.0 Å². The predicted octanol–water partition coefficient (Wildman–Crippen LogP) is 3.88. The van der Waals surface area contributed by atoms with Gasteiger partial charge in [-0.2, -0.15) is 0 Å². The molecule has 28 heavy (non-hydrogen) atoms. The molecule has 2 fully saturated rings. The molecule has 4 rings (SSSR count). The fourth-order valence-electron chi connectivity index (χ4n) is 4.63. The van der Waals surface area contributed by atoms with Gasteiger partial charge in [-0.3, -0.25) is 9.69 Å². The third-order valence-corrected chi connectivity index (χ3v) is 6.30. The Morgan fingerprint density at radius 1 is 1.04 bits per heavy atom. The van der Waals surface area contributed by atoms with Gasteiger partial charge >= 0.3 is 0 Å². The quantitative estimate of drug-likeness (QED) is 0.873. The molecule has 5 heteroatoms. The van der Waals surface area contributed by atoms with Gasteiger partial charge in [0.15, 0.2) is 0 Å². The molecule has 0 aromatic heterocycles. The molecule has 4 nitrogen and oxygen atoms in total. The number of carbonyl (C=O) groups is 1. The van der Waals surface area contributed by atoms with Crippen molar-refractivity contribution in [1.29, 1.82) is 0 Å². The lowest BCUT2D eigenvalue weighted by Crippen LogP contribution is -2.49. The topological polar surface area (TPSA) is 43.8 Å². The summed E-state index contributed by atoms with van der Waals surface area (Å²) in [5, 5.41) is 9.44. The SMILES string of the molecule is C[C@@H](c1ccccc1)N1CC[C@@H](N2CC[C@H](c3ccc(O)cc3)[C@@H](F)C2)C1=O. The number of carbonyl (C=O) groups excluding carboxylic acids is 1. The van der Waals surface area contributed by atoms with E-state index < -0.39 is 6.17 Å². The summed E-state index contributed by atoms with van der Waals surface area (Å²) in [7, 11) is 0. The van der Waals surface area contributed by atoms with Crippen molar-refractivity contribution < 1.29 is 14.3 Å². The van der Waals surface area contributed by atoms with Gasteiger partial charge in [0.2, 0.25) is 5.91 Å². The van der Waals surface area contributed by atoms with Crippen LogP contribution in [0.2, 0.25) is 0 Å². The minimum absolute atomic E-state index is 0.0365. The van der Waals surface area contributed by atoms with Crippen molar-refractivity contribution in [1.82, 2.24) is 9.80 Å². The van der Waals surface area contributed by atoms with Crippen LogP contribution >= 0.6 is 0 Å². The Labute approximate surface area is 165 Å². The van der Waals surface area contributed by atoms with Crippen LogP contribution in [-0.4, -0.2) is 52.7 Å². The number of nitrogens with zero attached hydrogens (tertiary/aromatic N) is 2. The van der Waals surface area contributed by atoms with Gasteiger partial charge in [-0.1, -0.05) is 42.5 Å². The van der Waals surface area contributed by atoms with Gasteiger partial charge < -0.3 is 10.0 Å². The first-order valence-electron chi connectivity index (χ1n) is 10.1. The number of aromatic hydroxyl groups is 1. The number of amides is 1. The first kappa shape index (κ1) is 18.9. The van der Waals surface area contributed by atoms with Gasteiger partial charge in [-0.05, 0) is 49.6 Å². The molecule has 0 radical (unpaired) electrons. The monoisotopic (exact) mass is 382 g/mol. The van der Waals surface area contributed by atoms with Crippen LogP contribution in [0.1, 0.15) is 42.9 Å². The highest BCUT2D eigenvalue weighted by Gasteiger charge is 2.41. The number of rotatable bonds is 4. The number of likely N-dealkylation sites (tertiary alicyclic amines) is 2. The van der Waals surface area contributed by atoms with E-state index in [-0.39, 0.29) is 36.2 Å². The number of benzene rings is 2. The number of alkyl halides is 1. The summed E-state index contributed by atoms with van der Waals surface area (Å²) in [4.78, 5) is 17.0. The lowest BCUT2D eigenvalue weighted by Gasteiger charge is -2.38. The number of phenolic OH excluding ortho intramolecular Hbond substituents is 1. The van der Waals surface area contributed by atoms with E-state index in [9.17, 15) is 14.3 Å². The highest BCUT2D eigenvalue weighted by Crippen LogP contribution is 2.35. The van der Waals surface area contributed by atoms with Crippen LogP contribution in [0.15, 0.2) is 54.6 Å². The Kier molecular flexibility index (Phi) is 5.36. The molecule has 0 spiro atoms. The van der Waals surface area contributed by atoms with Crippen LogP contribution in [0.4, 0.5) is 4.39 Å². The fourth-order valence-corrected chi connectivity index (χ4v) is 4.63. The van der Waals surface area contributed by atoms with Crippen molar-refractivity contribution in [2.75, 3.05) is 19.6 Å². The van der Waals surface area contributed by atoms with Crippen LogP contribution in [0.3, 0.4) is 0 Å². The minimum atomic E-state index is -1.01. The van der Waals surface area contributed by atoms with Crippen LogP contribution in [0.25, 0.3) is 0 Å². The predicted molar refractivity (Wildman–Crippen MR) is 107 cm³/mol. The number of phenols is 1. The van der Waals surface area contributed by atoms with E-state index in [0.29, 0.717) is 13.0 Å². The molecule has 0 saturated carbocycles. The molecule has 2 aliphatic rings.